The molecule has 0 aromatic rings. The van der Waals surface area contributed by atoms with Gasteiger partial charge in [0.2, 0.25) is 0 Å². The van der Waals surface area contributed by atoms with E-state index in [1.54, 1.807) is 0 Å². The summed E-state index contributed by atoms with van der Waals surface area (Å²) in [6.45, 7) is 4.77. The maximum Gasteiger partial charge on any atom is 0.0613 e. The monoisotopic (exact) mass is 268 g/mol. The lowest BCUT2D eigenvalue weighted by Gasteiger charge is -2.31. The van der Waals surface area contributed by atoms with Crippen molar-refractivity contribution in [1.29, 1.82) is 0 Å². The topological polar surface area (TPSA) is 35.5 Å². The first-order chi connectivity index (χ1) is 9.19. The van der Waals surface area contributed by atoms with Gasteiger partial charge in [0.1, 0.15) is 0 Å². The maximum absolute atomic E-state index is 9.75. The molecule has 112 valence electrons. The van der Waals surface area contributed by atoms with Crippen LogP contribution in [0.5, 0.6) is 0 Å². The van der Waals surface area contributed by atoms with Gasteiger partial charge in [-0.1, -0.05) is 19.8 Å². The molecule has 2 atom stereocenters. The van der Waals surface area contributed by atoms with Crippen molar-refractivity contribution in [2.45, 2.75) is 69.9 Å². The van der Waals surface area contributed by atoms with E-state index in [-0.39, 0.29) is 5.54 Å². The molecular formula is C16H32N2O. The Hall–Kier alpha value is -0.120. The molecule has 0 bridgehead atoms. The van der Waals surface area contributed by atoms with Crippen LogP contribution in [0.4, 0.5) is 0 Å². The Bertz CT molecular complexity index is 265. The summed E-state index contributed by atoms with van der Waals surface area (Å²) in [7, 11) is 2.29. The third kappa shape index (κ3) is 3.93. The molecule has 2 aliphatic carbocycles. The van der Waals surface area contributed by atoms with Crippen LogP contribution < -0.4 is 5.32 Å². The molecule has 3 nitrogen and oxygen atoms in total. The third-order valence-corrected chi connectivity index (χ3v) is 5.28. The smallest absolute Gasteiger partial charge is 0.0613 e. The van der Waals surface area contributed by atoms with Crippen LogP contribution in [0.1, 0.15) is 58.3 Å². The summed E-state index contributed by atoms with van der Waals surface area (Å²) in [6.07, 6.45) is 10.3. The average molecular weight is 268 g/mol. The number of rotatable bonds is 7. The Kier molecular flexibility index (Phi) is 5.67. The minimum atomic E-state index is 0.00458. The predicted octanol–water partition coefficient (Wildman–Crippen LogP) is 2.39. The van der Waals surface area contributed by atoms with Gasteiger partial charge in [-0.2, -0.15) is 0 Å². The second-order valence-electron chi connectivity index (χ2n) is 6.85. The minimum Gasteiger partial charge on any atom is -0.394 e. The van der Waals surface area contributed by atoms with E-state index in [1.807, 2.05) is 0 Å². The van der Waals surface area contributed by atoms with Gasteiger partial charge in [0.05, 0.1) is 6.61 Å². The van der Waals surface area contributed by atoms with Crippen LogP contribution in [-0.2, 0) is 0 Å². The predicted molar refractivity (Wildman–Crippen MR) is 80.3 cm³/mol. The van der Waals surface area contributed by atoms with Crippen molar-refractivity contribution < 1.29 is 5.11 Å². The number of aliphatic hydroxyl groups is 1. The standard InChI is InChI=1S/C16H32N2O/c1-3-10-17-16(13-19)9-8-15(11-16)18(2)12-14-6-4-5-7-14/h14-15,17,19H,3-13H2,1-2H3. The highest BCUT2D eigenvalue weighted by Crippen LogP contribution is 2.34. The van der Waals surface area contributed by atoms with E-state index < -0.39 is 0 Å². The Morgan fingerprint density at radius 2 is 2.00 bits per heavy atom. The summed E-state index contributed by atoms with van der Waals surface area (Å²) < 4.78 is 0. The fraction of sp³-hybridized carbons (Fsp3) is 1.00. The molecule has 0 radical (unpaired) electrons. The van der Waals surface area contributed by atoms with E-state index >= 15 is 0 Å². The molecule has 0 aromatic heterocycles. The minimum absolute atomic E-state index is 0.00458. The second kappa shape index (κ2) is 7.05. The SMILES string of the molecule is CCCNC1(CO)CCC(N(C)CC2CCCC2)C1. The van der Waals surface area contributed by atoms with E-state index in [0.717, 1.165) is 31.7 Å². The van der Waals surface area contributed by atoms with Crippen LogP contribution >= 0.6 is 0 Å². The van der Waals surface area contributed by atoms with Gasteiger partial charge in [-0.15, -0.1) is 0 Å². The fourth-order valence-electron chi connectivity index (χ4n) is 3.97. The van der Waals surface area contributed by atoms with Gasteiger partial charge in [-0.25, -0.2) is 0 Å². The van der Waals surface area contributed by atoms with Gasteiger partial charge in [0, 0.05) is 18.1 Å². The lowest BCUT2D eigenvalue weighted by Crippen LogP contribution is -2.48. The Morgan fingerprint density at radius 3 is 2.63 bits per heavy atom. The van der Waals surface area contributed by atoms with E-state index in [2.05, 4.69) is 24.2 Å². The Morgan fingerprint density at radius 1 is 1.26 bits per heavy atom. The van der Waals surface area contributed by atoms with Crippen LogP contribution in [-0.4, -0.2) is 48.3 Å². The van der Waals surface area contributed by atoms with Crippen molar-refractivity contribution >= 4 is 0 Å². The molecule has 2 fully saturated rings. The molecule has 2 N–H and O–H groups in total. The highest BCUT2D eigenvalue weighted by atomic mass is 16.3. The molecule has 2 rings (SSSR count). The lowest BCUT2D eigenvalue weighted by molar-refractivity contribution is 0.145. The van der Waals surface area contributed by atoms with Gasteiger partial charge in [0.15, 0.2) is 0 Å². The highest BCUT2D eigenvalue weighted by Gasteiger charge is 2.39. The summed E-state index contributed by atoms with van der Waals surface area (Å²) in [5.74, 6) is 0.928. The highest BCUT2D eigenvalue weighted by molar-refractivity contribution is 4.99. The van der Waals surface area contributed by atoms with Crippen molar-refractivity contribution in [1.82, 2.24) is 10.2 Å². The van der Waals surface area contributed by atoms with Crippen molar-refractivity contribution in [3.8, 4) is 0 Å². The van der Waals surface area contributed by atoms with E-state index in [1.165, 1.54) is 38.6 Å². The molecule has 2 saturated carbocycles. The molecule has 0 aromatic carbocycles. The summed E-state index contributed by atoms with van der Waals surface area (Å²) in [6, 6.07) is 0.664. The molecule has 0 aliphatic heterocycles. The number of nitrogens with zero attached hydrogens (tertiary/aromatic N) is 1. The summed E-state index contributed by atoms with van der Waals surface area (Å²) in [4.78, 5) is 2.57. The summed E-state index contributed by atoms with van der Waals surface area (Å²) in [5, 5.41) is 13.3. The zero-order chi connectivity index (χ0) is 13.7. The zero-order valence-corrected chi connectivity index (χ0v) is 12.8. The molecule has 2 aliphatic rings. The normalized spacial score (nSPS) is 32.5. The van der Waals surface area contributed by atoms with Gasteiger partial charge in [0.25, 0.3) is 0 Å². The Balaban J connectivity index is 1.81. The molecule has 3 heteroatoms. The molecule has 2 unspecified atom stereocenters. The second-order valence-corrected chi connectivity index (χ2v) is 6.85. The van der Waals surface area contributed by atoms with Crippen LogP contribution in [0.2, 0.25) is 0 Å². The van der Waals surface area contributed by atoms with Crippen molar-refractivity contribution in [3.05, 3.63) is 0 Å². The fourth-order valence-corrected chi connectivity index (χ4v) is 3.97. The number of hydrogen-bond donors (Lipinski definition) is 2. The first-order valence-electron chi connectivity index (χ1n) is 8.25. The van der Waals surface area contributed by atoms with Gasteiger partial charge in [-0.05, 0) is 58.0 Å². The number of hydrogen-bond acceptors (Lipinski definition) is 3. The van der Waals surface area contributed by atoms with E-state index in [0.29, 0.717) is 12.6 Å². The molecular weight excluding hydrogens is 236 g/mol. The van der Waals surface area contributed by atoms with Crippen LogP contribution in [0.3, 0.4) is 0 Å². The summed E-state index contributed by atoms with van der Waals surface area (Å²) >= 11 is 0. The van der Waals surface area contributed by atoms with Crippen LogP contribution in [0, 0.1) is 5.92 Å². The van der Waals surface area contributed by atoms with Gasteiger partial charge in [-0.3, -0.25) is 0 Å². The molecule has 0 amide bonds. The number of nitrogens with one attached hydrogen (secondary N) is 1. The van der Waals surface area contributed by atoms with Crippen molar-refractivity contribution in [3.63, 3.8) is 0 Å². The first-order valence-corrected chi connectivity index (χ1v) is 8.25. The average Bonchev–Trinajstić information content (AvgIpc) is 3.06. The molecule has 0 heterocycles. The van der Waals surface area contributed by atoms with Gasteiger partial charge >= 0.3 is 0 Å². The van der Waals surface area contributed by atoms with Gasteiger partial charge < -0.3 is 15.3 Å². The Labute approximate surface area is 118 Å². The first kappa shape index (κ1) is 15.3. The van der Waals surface area contributed by atoms with Crippen LogP contribution in [0.25, 0.3) is 0 Å². The van der Waals surface area contributed by atoms with Crippen molar-refractivity contribution in [2.24, 2.45) is 5.92 Å². The molecule has 0 spiro atoms. The number of aliphatic hydroxyl groups excluding tert-OH is 1. The van der Waals surface area contributed by atoms with E-state index in [9.17, 15) is 5.11 Å². The third-order valence-electron chi connectivity index (χ3n) is 5.28. The van der Waals surface area contributed by atoms with Crippen LogP contribution in [0.15, 0.2) is 0 Å². The maximum atomic E-state index is 9.75. The van der Waals surface area contributed by atoms with E-state index in [4.69, 9.17) is 0 Å². The molecule has 19 heavy (non-hydrogen) atoms. The molecule has 0 saturated heterocycles. The lowest BCUT2D eigenvalue weighted by atomic mass is 9.98. The summed E-state index contributed by atoms with van der Waals surface area (Å²) in [5.41, 5.74) is 0.00458. The van der Waals surface area contributed by atoms with Crippen molar-refractivity contribution in [2.75, 3.05) is 26.7 Å². The largest absolute Gasteiger partial charge is 0.394 e. The quantitative estimate of drug-likeness (QED) is 0.744. The zero-order valence-electron chi connectivity index (χ0n) is 12.8.